The van der Waals surface area contributed by atoms with E-state index in [0.717, 1.165) is 25.1 Å². The molecule has 0 aliphatic carbocycles. The van der Waals surface area contributed by atoms with Crippen LogP contribution in [0.25, 0.3) is 0 Å². The van der Waals surface area contributed by atoms with E-state index in [1.54, 1.807) is 36.4 Å². The molecule has 7 heteroatoms. The maximum Gasteiger partial charge on any atom is 0.271 e. The van der Waals surface area contributed by atoms with Crippen LogP contribution in [0.5, 0.6) is 0 Å². The number of benzene rings is 1. The molecule has 1 aliphatic rings. The van der Waals surface area contributed by atoms with Gasteiger partial charge in [0.05, 0.1) is 6.10 Å². The Morgan fingerprint density at radius 2 is 1.96 bits per heavy atom. The van der Waals surface area contributed by atoms with E-state index in [2.05, 4.69) is 20.8 Å². The largest absolute Gasteiger partial charge is 0.376 e. The Balaban J connectivity index is 1.55. The summed E-state index contributed by atoms with van der Waals surface area (Å²) in [5.74, 6) is 0.274. The lowest BCUT2D eigenvalue weighted by molar-refractivity contribution is 0.0852. The summed E-state index contributed by atoms with van der Waals surface area (Å²) >= 11 is 0. The molecule has 1 aliphatic heterocycles. The number of nitrogens with one attached hydrogen (secondary N) is 2. The van der Waals surface area contributed by atoms with Crippen LogP contribution >= 0.6 is 0 Å². The maximum absolute atomic E-state index is 12.1. The van der Waals surface area contributed by atoms with Crippen LogP contribution in [0.4, 0.5) is 11.5 Å². The second kappa shape index (κ2) is 7.85. The summed E-state index contributed by atoms with van der Waals surface area (Å²) in [7, 11) is 0. The fraction of sp³-hybridized carbons (Fsp3) is 0.333. The highest BCUT2D eigenvalue weighted by Gasteiger charge is 2.17. The van der Waals surface area contributed by atoms with Crippen molar-refractivity contribution < 1.29 is 14.3 Å². The van der Waals surface area contributed by atoms with E-state index >= 15 is 0 Å². The van der Waals surface area contributed by atoms with Gasteiger partial charge < -0.3 is 15.4 Å². The van der Waals surface area contributed by atoms with Crippen molar-refractivity contribution in [1.29, 1.82) is 0 Å². The molecule has 1 saturated heterocycles. The van der Waals surface area contributed by atoms with E-state index < -0.39 is 0 Å². The molecule has 1 fully saturated rings. The number of carbonyl (C=O) groups is 2. The van der Waals surface area contributed by atoms with Gasteiger partial charge in [0.1, 0.15) is 0 Å². The zero-order valence-electron chi connectivity index (χ0n) is 14.0. The van der Waals surface area contributed by atoms with Crippen molar-refractivity contribution in [2.45, 2.75) is 25.9 Å². The van der Waals surface area contributed by atoms with Crippen molar-refractivity contribution in [3.05, 3.63) is 47.7 Å². The standard InChI is InChI=1S/C18H20N4O3/c1-12(23)13-4-6-14(7-5-13)20-17-9-8-16(21-22-17)18(24)19-11-15-3-2-10-25-15/h4-9,15H,2-3,10-11H2,1H3,(H,19,24)(H,20,22). The number of nitrogens with zero attached hydrogens (tertiary/aromatic N) is 2. The van der Waals surface area contributed by atoms with Crippen LogP contribution in [-0.4, -0.2) is 41.1 Å². The van der Waals surface area contributed by atoms with Gasteiger partial charge in [0.15, 0.2) is 17.3 Å². The molecule has 1 unspecified atom stereocenters. The van der Waals surface area contributed by atoms with Crippen molar-refractivity contribution in [2.75, 3.05) is 18.5 Å². The fourth-order valence-electron chi connectivity index (χ4n) is 2.56. The summed E-state index contributed by atoms with van der Waals surface area (Å²) in [6.07, 6.45) is 2.10. The molecule has 0 saturated carbocycles. The number of hydrogen-bond donors (Lipinski definition) is 2. The van der Waals surface area contributed by atoms with Gasteiger partial charge in [-0.05, 0) is 56.2 Å². The normalized spacial score (nSPS) is 16.4. The van der Waals surface area contributed by atoms with Crippen LogP contribution in [0.2, 0.25) is 0 Å². The van der Waals surface area contributed by atoms with Gasteiger partial charge in [-0.3, -0.25) is 9.59 Å². The Bertz CT molecular complexity index is 738. The number of hydrogen-bond acceptors (Lipinski definition) is 6. The van der Waals surface area contributed by atoms with Gasteiger partial charge in [-0.1, -0.05) is 0 Å². The number of aromatic nitrogens is 2. The first-order valence-electron chi connectivity index (χ1n) is 8.23. The van der Waals surface area contributed by atoms with E-state index in [1.165, 1.54) is 6.92 Å². The van der Waals surface area contributed by atoms with Crippen LogP contribution in [0, 0.1) is 0 Å². The lowest BCUT2D eigenvalue weighted by atomic mass is 10.1. The third-order valence-corrected chi connectivity index (χ3v) is 3.98. The maximum atomic E-state index is 12.1. The van der Waals surface area contributed by atoms with Crippen molar-refractivity contribution >= 4 is 23.2 Å². The summed E-state index contributed by atoms with van der Waals surface area (Å²) in [5.41, 5.74) is 1.69. The van der Waals surface area contributed by atoms with Crippen molar-refractivity contribution in [2.24, 2.45) is 0 Å². The summed E-state index contributed by atoms with van der Waals surface area (Å²) in [5, 5.41) is 13.8. The van der Waals surface area contributed by atoms with E-state index in [4.69, 9.17) is 4.74 Å². The molecule has 2 N–H and O–H groups in total. The van der Waals surface area contributed by atoms with Crippen molar-refractivity contribution in [3.8, 4) is 0 Å². The van der Waals surface area contributed by atoms with E-state index in [0.29, 0.717) is 17.9 Å². The molecule has 7 nitrogen and oxygen atoms in total. The van der Waals surface area contributed by atoms with Crippen LogP contribution in [0.15, 0.2) is 36.4 Å². The van der Waals surface area contributed by atoms with Gasteiger partial charge in [0.25, 0.3) is 5.91 Å². The highest BCUT2D eigenvalue weighted by Crippen LogP contribution is 2.15. The number of amides is 1. The average molecular weight is 340 g/mol. The van der Waals surface area contributed by atoms with Crippen molar-refractivity contribution in [3.63, 3.8) is 0 Å². The van der Waals surface area contributed by atoms with Gasteiger partial charge in [0.2, 0.25) is 0 Å². The molecule has 0 spiro atoms. The first-order valence-corrected chi connectivity index (χ1v) is 8.23. The van der Waals surface area contributed by atoms with Crippen molar-refractivity contribution in [1.82, 2.24) is 15.5 Å². The molecule has 2 aromatic rings. The van der Waals surface area contributed by atoms with Crippen LogP contribution < -0.4 is 10.6 Å². The molecule has 1 aromatic carbocycles. The minimum atomic E-state index is -0.264. The molecule has 0 bridgehead atoms. The number of ether oxygens (including phenoxy) is 1. The Morgan fingerprint density at radius 3 is 2.56 bits per heavy atom. The first-order chi connectivity index (χ1) is 12.1. The zero-order chi connectivity index (χ0) is 17.6. The number of rotatable bonds is 6. The van der Waals surface area contributed by atoms with Gasteiger partial charge in [-0.2, -0.15) is 0 Å². The molecule has 1 amide bonds. The summed E-state index contributed by atoms with van der Waals surface area (Å²) in [6, 6.07) is 10.4. The lowest BCUT2D eigenvalue weighted by Gasteiger charge is -2.10. The molecule has 1 aromatic heterocycles. The second-order valence-electron chi connectivity index (χ2n) is 5.91. The smallest absolute Gasteiger partial charge is 0.271 e. The van der Waals surface area contributed by atoms with Gasteiger partial charge in [-0.25, -0.2) is 0 Å². The first kappa shape index (κ1) is 17.0. The Kier molecular flexibility index (Phi) is 5.35. The molecular weight excluding hydrogens is 320 g/mol. The number of anilines is 2. The average Bonchev–Trinajstić information content (AvgIpc) is 3.14. The van der Waals surface area contributed by atoms with Gasteiger partial charge in [0, 0.05) is 24.4 Å². The number of carbonyl (C=O) groups excluding carboxylic acids is 2. The zero-order valence-corrected chi connectivity index (χ0v) is 14.0. The third-order valence-electron chi connectivity index (χ3n) is 3.98. The van der Waals surface area contributed by atoms with Crippen LogP contribution in [-0.2, 0) is 4.74 Å². The SMILES string of the molecule is CC(=O)c1ccc(Nc2ccc(C(=O)NCC3CCCO3)nn2)cc1. The Morgan fingerprint density at radius 1 is 1.16 bits per heavy atom. The van der Waals surface area contributed by atoms with E-state index in [1.807, 2.05) is 0 Å². The highest BCUT2D eigenvalue weighted by molar-refractivity contribution is 5.94. The molecule has 130 valence electrons. The number of Topliss-reactive ketones (excluding diaryl/α,β-unsaturated/α-hetero) is 1. The molecular formula is C18H20N4O3. The number of ketones is 1. The third kappa shape index (κ3) is 4.60. The topological polar surface area (TPSA) is 93.2 Å². The molecule has 3 rings (SSSR count). The Labute approximate surface area is 145 Å². The van der Waals surface area contributed by atoms with Gasteiger partial charge in [-0.15, -0.1) is 10.2 Å². The second-order valence-corrected chi connectivity index (χ2v) is 5.91. The minimum Gasteiger partial charge on any atom is -0.376 e. The molecule has 25 heavy (non-hydrogen) atoms. The predicted molar refractivity (Wildman–Crippen MR) is 93.1 cm³/mol. The Hall–Kier alpha value is -2.80. The fourth-order valence-corrected chi connectivity index (χ4v) is 2.56. The van der Waals surface area contributed by atoms with Crippen LogP contribution in [0.3, 0.4) is 0 Å². The summed E-state index contributed by atoms with van der Waals surface area (Å²) in [4.78, 5) is 23.3. The van der Waals surface area contributed by atoms with Crippen LogP contribution in [0.1, 0.15) is 40.6 Å². The highest BCUT2D eigenvalue weighted by atomic mass is 16.5. The summed E-state index contributed by atoms with van der Waals surface area (Å²) < 4.78 is 5.47. The van der Waals surface area contributed by atoms with E-state index in [9.17, 15) is 9.59 Å². The molecule has 0 radical (unpaired) electrons. The molecule has 2 heterocycles. The van der Waals surface area contributed by atoms with Gasteiger partial charge >= 0.3 is 0 Å². The predicted octanol–water partition coefficient (Wildman–Crippen LogP) is 2.33. The monoisotopic (exact) mass is 340 g/mol. The minimum absolute atomic E-state index is 0.0183. The molecule has 1 atom stereocenters. The summed E-state index contributed by atoms with van der Waals surface area (Å²) in [6.45, 7) is 2.77. The lowest BCUT2D eigenvalue weighted by Crippen LogP contribution is -2.32. The van der Waals surface area contributed by atoms with E-state index in [-0.39, 0.29) is 23.5 Å². The quantitative estimate of drug-likeness (QED) is 0.784.